The van der Waals surface area contributed by atoms with Crippen LogP contribution in [0, 0.1) is 0 Å². The van der Waals surface area contributed by atoms with Crippen molar-refractivity contribution in [3.63, 3.8) is 0 Å². The Labute approximate surface area is 186 Å². The van der Waals surface area contributed by atoms with Crippen LogP contribution in [0.3, 0.4) is 0 Å². The molecule has 0 aliphatic rings. The van der Waals surface area contributed by atoms with E-state index in [4.69, 9.17) is 4.74 Å². The standard InChI is InChI=1S/C26H25N3O3/c1-4-32-21-15-13-20(14-16-21)29-26(31)23-8-6-5-7-22(23)24(28-29)25(30)27-19-11-9-18(10-12-19)17(2)3/h5-17H,4H2,1-3H3,(H,27,30). The van der Waals surface area contributed by atoms with Crippen LogP contribution in [0.5, 0.6) is 5.75 Å². The van der Waals surface area contributed by atoms with E-state index in [1.54, 1.807) is 48.5 Å². The summed E-state index contributed by atoms with van der Waals surface area (Å²) in [6, 6.07) is 21.8. The lowest BCUT2D eigenvalue weighted by Gasteiger charge is -2.12. The van der Waals surface area contributed by atoms with Gasteiger partial charge in [-0.1, -0.05) is 44.2 Å². The second-order valence-corrected chi connectivity index (χ2v) is 7.77. The lowest BCUT2D eigenvalue weighted by atomic mass is 10.0. The molecule has 32 heavy (non-hydrogen) atoms. The number of hydrogen-bond donors (Lipinski definition) is 1. The molecule has 0 aliphatic carbocycles. The highest BCUT2D eigenvalue weighted by Gasteiger charge is 2.18. The lowest BCUT2D eigenvalue weighted by Crippen LogP contribution is -2.26. The van der Waals surface area contributed by atoms with Crippen molar-refractivity contribution in [2.45, 2.75) is 26.7 Å². The zero-order valence-electron chi connectivity index (χ0n) is 18.3. The van der Waals surface area contributed by atoms with Gasteiger partial charge in [-0.05, 0) is 60.9 Å². The molecule has 6 nitrogen and oxygen atoms in total. The number of benzene rings is 3. The molecule has 0 saturated heterocycles. The quantitative estimate of drug-likeness (QED) is 0.461. The molecule has 1 aromatic heterocycles. The molecular weight excluding hydrogens is 402 g/mol. The number of carbonyl (C=O) groups excluding carboxylic acids is 1. The van der Waals surface area contributed by atoms with Gasteiger partial charge >= 0.3 is 0 Å². The summed E-state index contributed by atoms with van der Waals surface area (Å²) in [4.78, 5) is 26.3. The molecule has 4 rings (SSSR count). The average Bonchev–Trinajstić information content (AvgIpc) is 2.81. The fourth-order valence-electron chi connectivity index (χ4n) is 3.52. The summed E-state index contributed by atoms with van der Waals surface area (Å²) in [7, 11) is 0. The van der Waals surface area contributed by atoms with Crippen LogP contribution in [-0.4, -0.2) is 22.3 Å². The molecule has 1 heterocycles. The van der Waals surface area contributed by atoms with Gasteiger partial charge in [-0.2, -0.15) is 9.78 Å². The summed E-state index contributed by atoms with van der Waals surface area (Å²) in [5, 5.41) is 8.28. The number of fused-ring (bicyclic) bond motifs is 1. The highest BCUT2D eigenvalue weighted by molar-refractivity contribution is 6.11. The summed E-state index contributed by atoms with van der Waals surface area (Å²) in [5.74, 6) is 0.731. The Morgan fingerprint density at radius 3 is 2.25 bits per heavy atom. The van der Waals surface area contributed by atoms with Gasteiger partial charge in [0, 0.05) is 11.1 Å². The fourth-order valence-corrected chi connectivity index (χ4v) is 3.52. The number of carbonyl (C=O) groups is 1. The molecule has 3 aromatic carbocycles. The third kappa shape index (κ3) is 4.25. The summed E-state index contributed by atoms with van der Waals surface area (Å²) < 4.78 is 6.74. The number of hydrogen-bond acceptors (Lipinski definition) is 4. The molecule has 0 bridgehead atoms. The van der Waals surface area contributed by atoms with Gasteiger partial charge in [-0.3, -0.25) is 9.59 Å². The molecule has 0 unspecified atom stereocenters. The number of nitrogens with zero attached hydrogens (tertiary/aromatic N) is 2. The van der Waals surface area contributed by atoms with Crippen LogP contribution in [0.15, 0.2) is 77.6 Å². The van der Waals surface area contributed by atoms with Crippen molar-refractivity contribution in [3.05, 3.63) is 94.4 Å². The van der Waals surface area contributed by atoms with Crippen LogP contribution < -0.4 is 15.6 Å². The van der Waals surface area contributed by atoms with Gasteiger partial charge in [-0.25, -0.2) is 0 Å². The topological polar surface area (TPSA) is 73.2 Å². The zero-order valence-corrected chi connectivity index (χ0v) is 18.3. The van der Waals surface area contributed by atoms with E-state index in [0.29, 0.717) is 40.4 Å². The molecule has 4 aromatic rings. The van der Waals surface area contributed by atoms with Crippen molar-refractivity contribution < 1.29 is 9.53 Å². The predicted octanol–water partition coefficient (Wildman–Crippen LogP) is 5.16. The molecule has 1 N–H and O–H groups in total. The van der Waals surface area contributed by atoms with Crippen LogP contribution in [0.25, 0.3) is 16.5 Å². The number of anilines is 1. The first-order valence-corrected chi connectivity index (χ1v) is 10.6. The van der Waals surface area contributed by atoms with E-state index >= 15 is 0 Å². The van der Waals surface area contributed by atoms with Crippen molar-refractivity contribution in [1.82, 2.24) is 9.78 Å². The smallest absolute Gasteiger partial charge is 0.279 e. The maximum atomic E-state index is 13.2. The first-order chi connectivity index (χ1) is 15.5. The van der Waals surface area contributed by atoms with E-state index in [2.05, 4.69) is 24.3 Å². The number of ether oxygens (including phenoxy) is 1. The van der Waals surface area contributed by atoms with Crippen LogP contribution in [0.2, 0.25) is 0 Å². The van der Waals surface area contributed by atoms with Gasteiger partial charge in [0.2, 0.25) is 0 Å². The van der Waals surface area contributed by atoms with Crippen molar-refractivity contribution in [1.29, 1.82) is 0 Å². The van der Waals surface area contributed by atoms with E-state index in [1.807, 2.05) is 31.2 Å². The minimum atomic E-state index is -0.377. The second-order valence-electron chi connectivity index (χ2n) is 7.77. The monoisotopic (exact) mass is 427 g/mol. The van der Waals surface area contributed by atoms with Gasteiger partial charge in [-0.15, -0.1) is 0 Å². The van der Waals surface area contributed by atoms with Crippen LogP contribution in [-0.2, 0) is 0 Å². The Balaban J connectivity index is 1.75. The van der Waals surface area contributed by atoms with Crippen molar-refractivity contribution in [3.8, 4) is 11.4 Å². The van der Waals surface area contributed by atoms with Gasteiger partial charge in [0.15, 0.2) is 5.69 Å². The van der Waals surface area contributed by atoms with Crippen molar-refractivity contribution in [2.24, 2.45) is 0 Å². The Morgan fingerprint density at radius 2 is 1.62 bits per heavy atom. The molecule has 0 radical (unpaired) electrons. The fraction of sp³-hybridized carbons (Fsp3) is 0.192. The van der Waals surface area contributed by atoms with Crippen molar-refractivity contribution in [2.75, 3.05) is 11.9 Å². The van der Waals surface area contributed by atoms with E-state index in [1.165, 1.54) is 10.2 Å². The first-order valence-electron chi connectivity index (χ1n) is 10.6. The minimum absolute atomic E-state index is 0.182. The summed E-state index contributed by atoms with van der Waals surface area (Å²) in [5.41, 5.74) is 2.31. The number of aromatic nitrogens is 2. The second kappa shape index (κ2) is 9.06. The molecule has 0 fully saturated rings. The van der Waals surface area contributed by atoms with E-state index in [0.717, 1.165) is 0 Å². The molecular formula is C26H25N3O3. The van der Waals surface area contributed by atoms with Gasteiger partial charge < -0.3 is 10.1 Å². The Bertz CT molecular complexity index is 1310. The number of nitrogens with one attached hydrogen (secondary N) is 1. The van der Waals surface area contributed by atoms with Gasteiger partial charge in [0.05, 0.1) is 17.7 Å². The predicted molar refractivity (Wildman–Crippen MR) is 127 cm³/mol. The molecule has 1 amide bonds. The Hall–Kier alpha value is -3.93. The van der Waals surface area contributed by atoms with Crippen molar-refractivity contribution >= 4 is 22.4 Å². The number of rotatable bonds is 6. The highest BCUT2D eigenvalue weighted by Crippen LogP contribution is 2.20. The highest BCUT2D eigenvalue weighted by atomic mass is 16.5. The third-order valence-electron chi connectivity index (χ3n) is 5.25. The molecule has 0 spiro atoms. The summed E-state index contributed by atoms with van der Waals surface area (Å²) in [6.07, 6.45) is 0. The maximum absolute atomic E-state index is 13.2. The summed E-state index contributed by atoms with van der Waals surface area (Å²) in [6.45, 7) is 6.70. The average molecular weight is 428 g/mol. The van der Waals surface area contributed by atoms with E-state index < -0.39 is 0 Å². The zero-order chi connectivity index (χ0) is 22.7. The maximum Gasteiger partial charge on any atom is 0.279 e. The normalized spacial score (nSPS) is 11.0. The number of amides is 1. The summed E-state index contributed by atoms with van der Waals surface area (Å²) >= 11 is 0. The van der Waals surface area contributed by atoms with Crippen LogP contribution in [0.1, 0.15) is 42.7 Å². The van der Waals surface area contributed by atoms with E-state index in [9.17, 15) is 9.59 Å². The Kier molecular flexibility index (Phi) is 6.03. The first kappa shape index (κ1) is 21.3. The lowest BCUT2D eigenvalue weighted by molar-refractivity contribution is 0.102. The molecule has 6 heteroatoms. The van der Waals surface area contributed by atoms with Crippen LogP contribution >= 0.6 is 0 Å². The molecule has 0 atom stereocenters. The Morgan fingerprint density at radius 1 is 0.969 bits per heavy atom. The molecule has 0 aliphatic heterocycles. The third-order valence-corrected chi connectivity index (χ3v) is 5.25. The van der Waals surface area contributed by atoms with Gasteiger partial charge in [0.1, 0.15) is 5.75 Å². The largest absolute Gasteiger partial charge is 0.494 e. The molecule has 162 valence electrons. The SMILES string of the molecule is CCOc1ccc(-n2nc(C(=O)Nc3ccc(C(C)C)cc3)c3ccccc3c2=O)cc1. The van der Waals surface area contributed by atoms with Crippen LogP contribution in [0.4, 0.5) is 5.69 Å². The van der Waals surface area contributed by atoms with E-state index in [-0.39, 0.29) is 17.2 Å². The van der Waals surface area contributed by atoms with Gasteiger partial charge in [0.25, 0.3) is 11.5 Å². The minimum Gasteiger partial charge on any atom is -0.494 e. The molecule has 0 saturated carbocycles.